The lowest BCUT2D eigenvalue weighted by molar-refractivity contribution is 0.387. The van der Waals surface area contributed by atoms with Crippen molar-refractivity contribution in [2.24, 2.45) is 0 Å². The van der Waals surface area contributed by atoms with Gasteiger partial charge < -0.3 is 0 Å². The molecule has 0 saturated carbocycles. The SMILES string of the molecule is O=c1[nH]c(-c2nn(Cc3cccc(F)c3F)c3ncccc23)no1. The van der Waals surface area contributed by atoms with Crippen LogP contribution < -0.4 is 5.76 Å². The van der Waals surface area contributed by atoms with Crippen molar-refractivity contribution in [1.29, 1.82) is 0 Å². The smallest absolute Gasteiger partial charge is 0.296 e. The second-order valence-electron chi connectivity index (χ2n) is 5.04. The van der Waals surface area contributed by atoms with Crippen LogP contribution in [0.4, 0.5) is 8.78 Å². The van der Waals surface area contributed by atoms with Crippen LogP contribution in [0.15, 0.2) is 45.8 Å². The van der Waals surface area contributed by atoms with Crippen molar-refractivity contribution < 1.29 is 13.3 Å². The summed E-state index contributed by atoms with van der Waals surface area (Å²) >= 11 is 0. The molecule has 7 nitrogen and oxygen atoms in total. The molecule has 4 rings (SSSR count). The molecule has 0 saturated heterocycles. The molecule has 3 aromatic heterocycles. The van der Waals surface area contributed by atoms with Gasteiger partial charge in [0, 0.05) is 11.8 Å². The van der Waals surface area contributed by atoms with E-state index in [4.69, 9.17) is 0 Å². The van der Waals surface area contributed by atoms with Crippen LogP contribution >= 0.6 is 0 Å². The van der Waals surface area contributed by atoms with Gasteiger partial charge >= 0.3 is 5.76 Å². The van der Waals surface area contributed by atoms with Crippen LogP contribution in [-0.4, -0.2) is 24.9 Å². The molecule has 0 radical (unpaired) electrons. The highest BCUT2D eigenvalue weighted by molar-refractivity contribution is 5.88. The number of aromatic nitrogens is 5. The maximum absolute atomic E-state index is 13.9. The van der Waals surface area contributed by atoms with Gasteiger partial charge in [-0.1, -0.05) is 17.3 Å². The summed E-state index contributed by atoms with van der Waals surface area (Å²) in [5.41, 5.74) is 0.908. The summed E-state index contributed by atoms with van der Waals surface area (Å²) in [5.74, 6) is -2.45. The van der Waals surface area contributed by atoms with Crippen molar-refractivity contribution >= 4 is 11.0 Å². The van der Waals surface area contributed by atoms with E-state index in [1.807, 2.05) is 0 Å². The van der Waals surface area contributed by atoms with Crippen molar-refractivity contribution in [3.63, 3.8) is 0 Å². The number of nitrogens with one attached hydrogen (secondary N) is 1. The number of nitrogens with zero attached hydrogens (tertiary/aromatic N) is 4. The van der Waals surface area contributed by atoms with E-state index in [9.17, 15) is 13.6 Å². The van der Waals surface area contributed by atoms with Gasteiger partial charge in [0.25, 0.3) is 0 Å². The molecule has 0 amide bonds. The Balaban J connectivity index is 1.87. The van der Waals surface area contributed by atoms with Crippen molar-refractivity contribution in [3.05, 3.63) is 64.3 Å². The Labute approximate surface area is 132 Å². The minimum Gasteiger partial charge on any atom is -0.296 e. The predicted octanol–water partition coefficient (Wildman–Crippen LogP) is 2.10. The number of pyridine rings is 1. The maximum Gasteiger partial charge on any atom is 0.439 e. The predicted molar refractivity (Wildman–Crippen MR) is 79.1 cm³/mol. The molecular weight excluding hydrogens is 320 g/mol. The van der Waals surface area contributed by atoms with Crippen molar-refractivity contribution in [2.45, 2.75) is 6.54 Å². The first-order valence-electron chi connectivity index (χ1n) is 6.94. The van der Waals surface area contributed by atoms with Gasteiger partial charge in [0.1, 0.15) is 5.69 Å². The van der Waals surface area contributed by atoms with E-state index in [1.165, 1.54) is 16.8 Å². The van der Waals surface area contributed by atoms with Crippen LogP contribution in [0.1, 0.15) is 5.56 Å². The number of benzene rings is 1. The van der Waals surface area contributed by atoms with E-state index in [0.717, 1.165) is 6.07 Å². The fourth-order valence-electron chi connectivity index (χ4n) is 2.46. The minimum atomic E-state index is -0.937. The number of halogens is 2. The van der Waals surface area contributed by atoms with Crippen molar-refractivity contribution in [3.8, 4) is 11.5 Å². The van der Waals surface area contributed by atoms with Crippen LogP contribution in [0, 0.1) is 11.6 Å². The van der Waals surface area contributed by atoms with Gasteiger partial charge in [0.2, 0.25) is 5.82 Å². The molecule has 120 valence electrons. The zero-order valence-corrected chi connectivity index (χ0v) is 12.0. The first-order valence-corrected chi connectivity index (χ1v) is 6.94. The molecule has 1 N–H and O–H groups in total. The zero-order chi connectivity index (χ0) is 16.7. The second-order valence-corrected chi connectivity index (χ2v) is 5.04. The molecule has 0 bridgehead atoms. The minimum absolute atomic E-state index is 0.0286. The summed E-state index contributed by atoms with van der Waals surface area (Å²) in [5, 5.41) is 8.51. The third-order valence-electron chi connectivity index (χ3n) is 3.52. The molecule has 0 fully saturated rings. The van der Waals surface area contributed by atoms with Gasteiger partial charge in [0.15, 0.2) is 17.3 Å². The first-order chi connectivity index (χ1) is 11.6. The average Bonchev–Trinajstić information content (AvgIpc) is 3.16. The van der Waals surface area contributed by atoms with E-state index >= 15 is 0 Å². The van der Waals surface area contributed by atoms with E-state index in [1.54, 1.807) is 18.3 Å². The fourth-order valence-corrected chi connectivity index (χ4v) is 2.46. The standard InChI is InChI=1S/C15H9F2N5O2/c16-10-5-1-3-8(11(10)17)7-22-14-9(4-2-6-18-14)12(20-22)13-19-15(23)24-21-13/h1-6H,7H2,(H,19,21,23). The lowest BCUT2D eigenvalue weighted by atomic mass is 10.2. The molecule has 9 heteroatoms. The van der Waals surface area contributed by atoms with Crippen LogP contribution in [0.3, 0.4) is 0 Å². The number of aromatic amines is 1. The summed E-state index contributed by atoms with van der Waals surface area (Å²) in [6.07, 6.45) is 1.55. The number of fused-ring (bicyclic) bond motifs is 1. The number of H-pyrrole nitrogens is 1. The van der Waals surface area contributed by atoms with Gasteiger partial charge in [-0.25, -0.2) is 23.2 Å². The van der Waals surface area contributed by atoms with Crippen LogP contribution in [0.25, 0.3) is 22.6 Å². The molecule has 3 heterocycles. The third-order valence-corrected chi connectivity index (χ3v) is 3.52. The van der Waals surface area contributed by atoms with Gasteiger partial charge in [-0.05, 0) is 18.2 Å². The van der Waals surface area contributed by atoms with E-state index in [0.29, 0.717) is 16.7 Å². The van der Waals surface area contributed by atoms with Gasteiger partial charge in [-0.15, -0.1) is 0 Å². The van der Waals surface area contributed by atoms with Crippen molar-refractivity contribution in [1.82, 2.24) is 24.9 Å². The van der Waals surface area contributed by atoms with Crippen molar-refractivity contribution in [2.75, 3.05) is 0 Å². The largest absolute Gasteiger partial charge is 0.439 e. The highest BCUT2D eigenvalue weighted by Crippen LogP contribution is 2.24. The molecule has 0 unspecified atom stereocenters. The summed E-state index contributed by atoms with van der Waals surface area (Å²) in [6.45, 7) is -0.0286. The van der Waals surface area contributed by atoms with E-state index < -0.39 is 17.4 Å². The molecule has 0 aliphatic heterocycles. The fraction of sp³-hybridized carbons (Fsp3) is 0.0667. The first kappa shape index (κ1) is 14.2. The van der Waals surface area contributed by atoms with E-state index in [2.05, 4.69) is 24.7 Å². The van der Waals surface area contributed by atoms with E-state index in [-0.39, 0.29) is 17.9 Å². The quantitative estimate of drug-likeness (QED) is 0.622. The number of rotatable bonds is 3. The molecule has 0 spiro atoms. The van der Waals surface area contributed by atoms with Crippen LogP contribution in [0.2, 0.25) is 0 Å². The summed E-state index contributed by atoms with van der Waals surface area (Å²) < 4.78 is 33.2. The average molecular weight is 329 g/mol. The molecule has 1 aromatic carbocycles. The Morgan fingerprint density at radius 3 is 2.88 bits per heavy atom. The van der Waals surface area contributed by atoms with Gasteiger partial charge in [-0.2, -0.15) is 5.10 Å². The molecule has 4 aromatic rings. The molecule has 0 aliphatic rings. The zero-order valence-electron chi connectivity index (χ0n) is 12.0. The Bertz CT molecular complexity index is 1100. The summed E-state index contributed by atoms with van der Waals surface area (Å²) in [6, 6.07) is 7.36. The summed E-state index contributed by atoms with van der Waals surface area (Å²) in [4.78, 5) is 17.8. The lowest BCUT2D eigenvalue weighted by Crippen LogP contribution is -2.06. The second kappa shape index (κ2) is 5.37. The van der Waals surface area contributed by atoms with Crippen LogP contribution in [0.5, 0.6) is 0 Å². The third kappa shape index (κ3) is 2.26. The normalized spacial score (nSPS) is 11.2. The topological polar surface area (TPSA) is 89.6 Å². The highest BCUT2D eigenvalue weighted by atomic mass is 19.2. The monoisotopic (exact) mass is 329 g/mol. The maximum atomic E-state index is 13.9. The van der Waals surface area contributed by atoms with Gasteiger partial charge in [-0.3, -0.25) is 9.51 Å². The lowest BCUT2D eigenvalue weighted by Gasteiger charge is -2.05. The Morgan fingerprint density at radius 1 is 1.21 bits per heavy atom. The Morgan fingerprint density at radius 2 is 2.08 bits per heavy atom. The molecule has 0 aliphatic carbocycles. The van der Waals surface area contributed by atoms with Crippen LogP contribution in [-0.2, 0) is 6.54 Å². The molecular formula is C15H9F2N5O2. The molecule has 24 heavy (non-hydrogen) atoms. The number of hydrogen-bond donors (Lipinski definition) is 1. The number of hydrogen-bond acceptors (Lipinski definition) is 5. The Hall–Kier alpha value is -3.36. The molecule has 0 atom stereocenters. The summed E-state index contributed by atoms with van der Waals surface area (Å²) in [7, 11) is 0. The Kier molecular flexibility index (Phi) is 3.19. The van der Waals surface area contributed by atoms with Gasteiger partial charge in [0.05, 0.1) is 11.9 Å². The highest BCUT2D eigenvalue weighted by Gasteiger charge is 2.18.